The van der Waals surface area contributed by atoms with Crippen LogP contribution in [0.4, 0.5) is 0 Å². The minimum atomic E-state index is -2.23. The van der Waals surface area contributed by atoms with Crippen molar-refractivity contribution in [2.24, 2.45) is 0 Å². The summed E-state index contributed by atoms with van der Waals surface area (Å²) < 4.78 is 15.7. The Morgan fingerprint density at radius 1 is 0.658 bits per heavy atom. The third kappa shape index (κ3) is 15.4. The Morgan fingerprint density at radius 2 is 1.05 bits per heavy atom. The Hall–Kier alpha value is -1.22. The zero-order chi connectivity index (χ0) is 28.1. The van der Waals surface area contributed by atoms with E-state index in [-0.39, 0.29) is 19.4 Å². The number of hydrogen-bond donors (Lipinski definition) is 3. The Balaban J connectivity index is 2.16. The maximum absolute atomic E-state index is 12.1. The van der Waals surface area contributed by atoms with Crippen molar-refractivity contribution in [3.63, 3.8) is 0 Å². The average Bonchev–Trinajstić information content (AvgIpc) is 3.12. The van der Waals surface area contributed by atoms with E-state index in [4.69, 9.17) is 14.2 Å². The summed E-state index contributed by atoms with van der Waals surface area (Å²) in [6, 6.07) is 0. The zero-order valence-electron chi connectivity index (χ0n) is 24.2. The smallest absolute Gasteiger partial charge is 0.305 e. The molecular weight excluding hydrogens is 488 g/mol. The molecule has 1 heterocycles. The largest absolute Gasteiger partial charge is 0.463 e. The van der Waals surface area contributed by atoms with Gasteiger partial charge in [0.25, 0.3) is 0 Å². The van der Waals surface area contributed by atoms with Gasteiger partial charge >= 0.3 is 11.9 Å². The fourth-order valence-corrected chi connectivity index (χ4v) is 4.79. The average molecular weight is 545 g/mol. The van der Waals surface area contributed by atoms with Gasteiger partial charge in [0.1, 0.15) is 31.5 Å². The number of aliphatic hydroxyl groups is 3. The van der Waals surface area contributed by atoms with Gasteiger partial charge in [0.05, 0.1) is 0 Å². The van der Waals surface area contributed by atoms with E-state index >= 15 is 0 Å². The maximum Gasteiger partial charge on any atom is 0.305 e. The van der Waals surface area contributed by atoms with E-state index in [2.05, 4.69) is 13.8 Å². The van der Waals surface area contributed by atoms with Crippen molar-refractivity contribution in [1.82, 2.24) is 0 Å². The Kier molecular flexibility index (Phi) is 19.8. The van der Waals surface area contributed by atoms with E-state index in [1.54, 1.807) is 0 Å². The van der Waals surface area contributed by atoms with Crippen LogP contribution in [-0.2, 0) is 23.8 Å². The minimum Gasteiger partial charge on any atom is -0.463 e. The van der Waals surface area contributed by atoms with E-state index in [0.29, 0.717) is 6.42 Å². The van der Waals surface area contributed by atoms with Crippen LogP contribution in [0.2, 0.25) is 0 Å². The van der Waals surface area contributed by atoms with E-state index in [9.17, 15) is 24.9 Å². The standard InChI is InChI=1S/C30H56O8/c1-3-5-7-9-11-13-15-17-19-21-26(31)36-23-25-28(33)29(34)30(35,38-25)24-37-27(32)22-20-18-16-14-12-10-8-6-4-2/h25,28-29,33-35H,3-24H2,1-2H3/t25-,28-,29+,30?/m1/s1. The van der Waals surface area contributed by atoms with Crippen molar-refractivity contribution in [3.05, 3.63) is 0 Å². The van der Waals surface area contributed by atoms with E-state index in [0.717, 1.165) is 32.1 Å². The second-order valence-corrected chi connectivity index (χ2v) is 10.9. The molecule has 38 heavy (non-hydrogen) atoms. The molecule has 0 bridgehead atoms. The fraction of sp³-hybridized carbons (Fsp3) is 0.933. The first-order valence-corrected chi connectivity index (χ1v) is 15.4. The van der Waals surface area contributed by atoms with Gasteiger partial charge in [0, 0.05) is 12.8 Å². The highest BCUT2D eigenvalue weighted by Crippen LogP contribution is 2.30. The minimum absolute atomic E-state index is 0.227. The predicted octanol–water partition coefficient (Wildman–Crippen LogP) is 5.72. The molecule has 1 aliphatic rings. The molecule has 0 radical (unpaired) electrons. The molecule has 0 saturated carbocycles. The van der Waals surface area contributed by atoms with Gasteiger partial charge in [-0.1, -0.05) is 117 Å². The normalized spacial score (nSPS) is 23.0. The topological polar surface area (TPSA) is 123 Å². The molecule has 0 aromatic heterocycles. The number of carbonyl (C=O) groups excluding carboxylic acids is 2. The summed E-state index contributed by atoms with van der Waals surface area (Å²) in [5.41, 5.74) is 0. The molecule has 1 aliphatic heterocycles. The van der Waals surface area contributed by atoms with Crippen LogP contribution in [0.1, 0.15) is 142 Å². The lowest BCUT2D eigenvalue weighted by Crippen LogP contribution is -2.47. The number of carbonyl (C=O) groups is 2. The van der Waals surface area contributed by atoms with Crippen LogP contribution in [0.5, 0.6) is 0 Å². The summed E-state index contributed by atoms with van der Waals surface area (Å²) in [4.78, 5) is 24.1. The van der Waals surface area contributed by atoms with Crippen molar-refractivity contribution in [2.45, 2.75) is 166 Å². The molecule has 4 atom stereocenters. The maximum atomic E-state index is 12.1. The van der Waals surface area contributed by atoms with Crippen molar-refractivity contribution in [2.75, 3.05) is 13.2 Å². The SMILES string of the molecule is CCCCCCCCCCCC(=O)OC[C@H]1OC(O)(COC(=O)CCCCCCCCCCC)[C@@H](O)[C@@H]1O. The molecule has 8 nitrogen and oxygen atoms in total. The molecule has 0 amide bonds. The highest BCUT2D eigenvalue weighted by molar-refractivity contribution is 5.69. The highest BCUT2D eigenvalue weighted by Gasteiger charge is 2.54. The molecule has 0 aliphatic carbocycles. The number of hydrogen-bond acceptors (Lipinski definition) is 8. The van der Waals surface area contributed by atoms with E-state index in [1.165, 1.54) is 77.0 Å². The molecule has 1 fully saturated rings. The summed E-state index contributed by atoms with van der Waals surface area (Å²) in [5.74, 6) is -3.12. The first-order valence-electron chi connectivity index (χ1n) is 15.4. The van der Waals surface area contributed by atoms with Crippen LogP contribution in [0, 0.1) is 0 Å². The number of ether oxygens (including phenoxy) is 3. The summed E-state index contributed by atoms with van der Waals surface area (Å²) in [5, 5.41) is 31.1. The molecule has 0 aromatic rings. The van der Waals surface area contributed by atoms with Crippen molar-refractivity contribution < 1.29 is 39.1 Å². The second kappa shape index (κ2) is 21.6. The quantitative estimate of drug-likeness (QED) is 0.104. The monoisotopic (exact) mass is 544 g/mol. The number of aliphatic hydroxyl groups excluding tert-OH is 2. The Labute approximate surface area is 230 Å². The van der Waals surface area contributed by atoms with Gasteiger partial charge < -0.3 is 29.5 Å². The summed E-state index contributed by atoms with van der Waals surface area (Å²) >= 11 is 0. The second-order valence-electron chi connectivity index (χ2n) is 10.9. The molecule has 1 saturated heterocycles. The van der Waals surface area contributed by atoms with Crippen LogP contribution < -0.4 is 0 Å². The van der Waals surface area contributed by atoms with Gasteiger partial charge in [0.15, 0.2) is 0 Å². The first-order chi connectivity index (χ1) is 18.3. The Morgan fingerprint density at radius 3 is 1.50 bits per heavy atom. The van der Waals surface area contributed by atoms with Gasteiger partial charge in [-0.15, -0.1) is 0 Å². The summed E-state index contributed by atoms with van der Waals surface area (Å²) in [7, 11) is 0. The third-order valence-electron chi connectivity index (χ3n) is 7.34. The molecule has 1 unspecified atom stereocenters. The highest BCUT2D eigenvalue weighted by atomic mass is 16.7. The van der Waals surface area contributed by atoms with Gasteiger partial charge in [-0.3, -0.25) is 9.59 Å². The predicted molar refractivity (Wildman–Crippen MR) is 147 cm³/mol. The van der Waals surface area contributed by atoms with Gasteiger partial charge in [-0.05, 0) is 12.8 Å². The van der Waals surface area contributed by atoms with Crippen LogP contribution >= 0.6 is 0 Å². The first kappa shape index (κ1) is 34.8. The van der Waals surface area contributed by atoms with Gasteiger partial charge in [-0.2, -0.15) is 0 Å². The summed E-state index contributed by atoms with van der Waals surface area (Å²) in [6.45, 7) is 3.53. The van der Waals surface area contributed by atoms with Crippen LogP contribution in [0.15, 0.2) is 0 Å². The lowest BCUT2D eigenvalue weighted by atomic mass is 10.1. The molecule has 224 valence electrons. The van der Waals surface area contributed by atoms with Crippen molar-refractivity contribution in [3.8, 4) is 0 Å². The molecule has 0 spiro atoms. The van der Waals surface area contributed by atoms with Gasteiger partial charge in [0.2, 0.25) is 5.79 Å². The molecular formula is C30H56O8. The van der Waals surface area contributed by atoms with Crippen LogP contribution in [0.3, 0.4) is 0 Å². The number of esters is 2. The van der Waals surface area contributed by atoms with E-state index in [1.807, 2.05) is 0 Å². The van der Waals surface area contributed by atoms with Crippen LogP contribution in [-0.4, -0.2) is 64.6 Å². The van der Waals surface area contributed by atoms with Crippen molar-refractivity contribution in [1.29, 1.82) is 0 Å². The molecule has 1 rings (SSSR count). The van der Waals surface area contributed by atoms with Crippen molar-refractivity contribution >= 4 is 11.9 Å². The van der Waals surface area contributed by atoms with Gasteiger partial charge in [-0.25, -0.2) is 0 Å². The van der Waals surface area contributed by atoms with E-state index < -0.39 is 42.6 Å². The fourth-order valence-electron chi connectivity index (χ4n) is 4.79. The number of rotatable bonds is 24. The molecule has 8 heteroatoms. The lowest BCUT2D eigenvalue weighted by molar-refractivity contribution is -0.253. The zero-order valence-corrected chi connectivity index (χ0v) is 24.2. The third-order valence-corrected chi connectivity index (χ3v) is 7.34. The summed E-state index contributed by atoms with van der Waals surface area (Å²) in [6.07, 6.45) is 16.8. The lowest BCUT2D eigenvalue weighted by Gasteiger charge is -2.25. The molecule has 3 N–H and O–H groups in total. The Bertz CT molecular complexity index is 613. The van der Waals surface area contributed by atoms with Crippen LogP contribution in [0.25, 0.3) is 0 Å². The molecule has 0 aromatic carbocycles. The number of unbranched alkanes of at least 4 members (excludes halogenated alkanes) is 16.